The summed E-state index contributed by atoms with van der Waals surface area (Å²) >= 11 is 0. The lowest BCUT2D eigenvalue weighted by molar-refractivity contribution is -0.0425. The summed E-state index contributed by atoms with van der Waals surface area (Å²) in [7, 11) is -3.13. The third-order valence-corrected chi connectivity index (χ3v) is 4.48. The minimum Gasteiger partial charge on any atom is -0.368 e. The van der Waals surface area contributed by atoms with Crippen LogP contribution in [0.25, 0.3) is 0 Å². The maximum atomic E-state index is 11.4. The van der Waals surface area contributed by atoms with Crippen LogP contribution in [0.3, 0.4) is 0 Å². The van der Waals surface area contributed by atoms with Gasteiger partial charge in [0.05, 0.1) is 17.1 Å². The monoisotopic (exact) mass is 283 g/mol. The molecule has 1 saturated heterocycles. The summed E-state index contributed by atoms with van der Waals surface area (Å²) in [6, 6.07) is 6.99. The molecule has 1 aliphatic rings. The molecule has 19 heavy (non-hydrogen) atoms. The molecule has 1 heterocycles. The lowest BCUT2D eigenvalue weighted by Crippen LogP contribution is -2.40. The Morgan fingerprint density at radius 1 is 1.26 bits per heavy atom. The molecule has 2 rings (SSSR count). The molecule has 1 N–H and O–H groups in total. The molecule has 5 heteroatoms. The van der Waals surface area contributed by atoms with Crippen LogP contribution in [0.15, 0.2) is 29.2 Å². The summed E-state index contributed by atoms with van der Waals surface area (Å²) in [5, 5.41) is 3.37. The highest BCUT2D eigenvalue weighted by molar-refractivity contribution is 7.90. The van der Waals surface area contributed by atoms with Crippen LogP contribution in [-0.4, -0.2) is 33.9 Å². The minimum absolute atomic E-state index is 0.0129. The smallest absolute Gasteiger partial charge is 0.175 e. The number of benzene rings is 1. The van der Waals surface area contributed by atoms with Gasteiger partial charge in [0.15, 0.2) is 9.84 Å². The Kier molecular flexibility index (Phi) is 4.60. The highest BCUT2D eigenvalue weighted by Gasteiger charge is 2.22. The van der Waals surface area contributed by atoms with Crippen molar-refractivity contribution in [3.05, 3.63) is 29.8 Å². The Bertz CT molecular complexity index is 508. The second kappa shape index (κ2) is 6.03. The molecule has 0 amide bonds. The van der Waals surface area contributed by atoms with E-state index in [1.165, 1.54) is 6.26 Å². The topological polar surface area (TPSA) is 55.4 Å². The molecule has 0 aliphatic carbocycles. The third-order valence-electron chi connectivity index (χ3n) is 3.35. The van der Waals surface area contributed by atoms with Crippen LogP contribution in [0, 0.1) is 0 Å². The normalized spacial score (nSPS) is 24.3. The van der Waals surface area contributed by atoms with Crippen molar-refractivity contribution in [1.82, 2.24) is 5.32 Å². The van der Waals surface area contributed by atoms with E-state index in [-0.39, 0.29) is 12.2 Å². The largest absolute Gasteiger partial charge is 0.368 e. The maximum Gasteiger partial charge on any atom is 0.175 e. The van der Waals surface area contributed by atoms with Gasteiger partial charge in [0.2, 0.25) is 0 Å². The van der Waals surface area contributed by atoms with Crippen molar-refractivity contribution in [1.29, 1.82) is 0 Å². The van der Waals surface area contributed by atoms with E-state index in [2.05, 4.69) is 12.2 Å². The number of hydrogen-bond acceptors (Lipinski definition) is 4. The van der Waals surface area contributed by atoms with Gasteiger partial charge >= 0.3 is 0 Å². The van der Waals surface area contributed by atoms with Crippen LogP contribution in [0.2, 0.25) is 0 Å². The second-order valence-corrected chi connectivity index (χ2v) is 7.05. The van der Waals surface area contributed by atoms with E-state index in [4.69, 9.17) is 4.74 Å². The number of morpholine rings is 1. The lowest BCUT2D eigenvalue weighted by Gasteiger charge is -2.31. The molecular weight excluding hydrogens is 262 g/mol. The van der Waals surface area contributed by atoms with Crippen LogP contribution in [0.4, 0.5) is 0 Å². The molecule has 2 atom stereocenters. The summed E-state index contributed by atoms with van der Waals surface area (Å²) in [6.07, 6.45) is 3.63. The molecule has 0 spiro atoms. The summed E-state index contributed by atoms with van der Waals surface area (Å²) in [6.45, 7) is 3.82. The Labute approximate surface area is 115 Å². The van der Waals surface area contributed by atoms with Crippen LogP contribution in [0.1, 0.15) is 31.4 Å². The van der Waals surface area contributed by atoms with Crippen molar-refractivity contribution in [3.63, 3.8) is 0 Å². The summed E-state index contributed by atoms with van der Waals surface area (Å²) in [5.41, 5.74) is 1.03. The van der Waals surface area contributed by atoms with Crippen LogP contribution < -0.4 is 5.32 Å². The number of ether oxygens (including phenoxy) is 1. The van der Waals surface area contributed by atoms with Gasteiger partial charge in [0, 0.05) is 19.3 Å². The van der Waals surface area contributed by atoms with Gasteiger partial charge in [0.1, 0.15) is 0 Å². The molecule has 0 radical (unpaired) electrons. The van der Waals surface area contributed by atoms with E-state index in [1.54, 1.807) is 12.1 Å². The van der Waals surface area contributed by atoms with E-state index in [1.807, 2.05) is 12.1 Å². The van der Waals surface area contributed by atoms with Crippen molar-refractivity contribution in [2.75, 3.05) is 19.3 Å². The predicted octanol–water partition coefficient (Wildman–Crippen LogP) is 1.92. The highest BCUT2D eigenvalue weighted by Crippen LogP contribution is 2.24. The number of nitrogens with one attached hydrogen (secondary N) is 1. The van der Waals surface area contributed by atoms with E-state index >= 15 is 0 Å². The van der Waals surface area contributed by atoms with Gasteiger partial charge in [0.25, 0.3) is 0 Å². The molecule has 0 bridgehead atoms. The van der Waals surface area contributed by atoms with E-state index in [0.717, 1.165) is 31.5 Å². The van der Waals surface area contributed by atoms with E-state index in [0.29, 0.717) is 4.90 Å². The lowest BCUT2D eigenvalue weighted by atomic mass is 10.1. The van der Waals surface area contributed by atoms with Crippen LogP contribution in [-0.2, 0) is 14.6 Å². The fourth-order valence-corrected chi connectivity index (χ4v) is 2.95. The van der Waals surface area contributed by atoms with Crippen molar-refractivity contribution in [2.45, 2.75) is 36.9 Å². The van der Waals surface area contributed by atoms with Crippen LogP contribution in [0.5, 0.6) is 0 Å². The van der Waals surface area contributed by atoms with Crippen molar-refractivity contribution < 1.29 is 13.2 Å². The molecule has 106 valence electrons. The summed E-state index contributed by atoms with van der Waals surface area (Å²) in [5.74, 6) is 0. The fourth-order valence-electron chi connectivity index (χ4n) is 2.32. The quantitative estimate of drug-likeness (QED) is 0.917. The average Bonchev–Trinajstić information content (AvgIpc) is 2.39. The third kappa shape index (κ3) is 3.78. The molecular formula is C14H21NO3S. The first kappa shape index (κ1) is 14.5. The zero-order valence-electron chi connectivity index (χ0n) is 11.4. The van der Waals surface area contributed by atoms with Gasteiger partial charge in [-0.15, -0.1) is 0 Å². The molecule has 2 unspecified atom stereocenters. The standard InChI is InChI=1S/C14H21NO3S/c1-3-4-12-9-15-10-14(18-12)11-5-7-13(8-6-11)19(2,16)17/h5-8,12,14-15H,3-4,9-10H2,1-2H3. The molecule has 1 fully saturated rings. The maximum absolute atomic E-state index is 11.4. The second-order valence-electron chi connectivity index (χ2n) is 5.03. The summed E-state index contributed by atoms with van der Waals surface area (Å²) < 4.78 is 28.9. The van der Waals surface area contributed by atoms with E-state index in [9.17, 15) is 8.42 Å². The van der Waals surface area contributed by atoms with Gasteiger partial charge in [-0.05, 0) is 24.1 Å². The van der Waals surface area contributed by atoms with Crippen molar-refractivity contribution >= 4 is 9.84 Å². The van der Waals surface area contributed by atoms with Gasteiger partial charge in [-0.3, -0.25) is 0 Å². The molecule has 0 saturated carbocycles. The van der Waals surface area contributed by atoms with Crippen molar-refractivity contribution in [3.8, 4) is 0 Å². The van der Waals surface area contributed by atoms with Gasteiger partial charge in [-0.25, -0.2) is 8.42 Å². The van der Waals surface area contributed by atoms with E-state index < -0.39 is 9.84 Å². The Morgan fingerprint density at radius 3 is 2.53 bits per heavy atom. The Morgan fingerprint density at radius 2 is 1.95 bits per heavy atom. The first-order valence-corrected chi connectivity index (χ1v) is 8.56. The minimum atomic E-state index is -3.13. The zero-order valence-corrected chi connectivity index (χ0v) is 12.2. The molecule has 1 aromatic carbocycles. The Balaban J connectivity index is 2.09. The number of hydrogen-bond donors (Lipinski definition) is 1. The van der Waals surface area contributed by atoms with Gasteiger partial charge in [-0.2, -0.15) is 0 Å². The van der Waals surface area contributed by atoms with Crippen molar-refractivity contribution in [2.24, 2.45) is 0 Å². The molecule has 1 aliphatic heterocycles. The molecule has 0 aromatic heterocycles. The molecule has 4 nitrogen and oxygen atoms in total. The van der Waals surface area contributed by atoms with Gasteiger partial charge < -0.3 is 10.1 Å². The number of sulfone groups is 1. The fraction of sp³-hybridized carbons (Fsp3) is 0.571. The zero-order chi connectivity index (χ0) is 13.9. The molecule has 1 aromatic rings. The SMILES string of the molecule is CCCC1CNCC(c2ccc(S(C)(=O)=O)cc2)O1. The Hall–Kier alpha value is -0.910. The first-order valence-electron chi connectivity index (χ1n) is 6.67. The van der Waals surface area contributed by atoms with Crippen LogP contribution >= 0.6 is 0 Å². The average molecular weight is 283 g/mol. The predicted molar refractivity (Wildman–Crippen MR) is 74.9 cm³/mol. The first-order chi connectivity index (χ1) is 9.00. The summed E-state index contributed by atoms with van der Waals surface area (Å²) in [4.78, 5) is 0.352. The highest BCUT2D eigenvalue weighted by atomic mass is 32.2. The number of rotatable bonds is 4. The van der Waals surface area contributed by atoms with Gasteiger partial charge in [-0.1, -0.05) is 25.5 Å².